The molecular weight excluding hydrogens is 509 g/mol. The summed E-state index contributed by atoms with van der Waals surface area (Å²) >= 11 is 6.32. The highest BCUT2D eigenvalue weighted by molar-refractivity contribution is 6.32. The Labute approximate surface area is 218 Å². The van der Waals surface area contributed by atoms with Crippen molar-refractivity contribution in [3.05, 3.63) is 64.8 Å². The van der Waals surface area contributed by atoms with Crippen LogP contribution < -0.4 is 9.47 Å². The van der Waals surface area contributed by atoms with E-state index in [1.54, 1.807) is 18.2 Å². The SMILES string of the molecule is COc1ccc2ncc(Cl)c([C@H](F)CCC3(C(=O)O)CCN(CCOc4cc(F)ccc4F)CC3)c2c1. The van der Waals surface area contributed by atoms with E-state index in [0.717, 1.165) is 18.2 Å². The third-order valence-corrected chi connectivity index (χ3v) is 7.38. The maximum Gasteiger partial charge on any atom is 0.309 e. The summed E-state index contributed by atoms with van der Waals surface area (Å²) < 4.78 is 53.2. The van der Waals surface area contributed by atoms with Crippen LogP contribution in [0.5, 0.6) is 11.5 Å². The Bertz CT molecular complexity index is 1270. The number of carboxylic acid groups (broad SMARTS) is 1. The van der Waals surface area contributed by atoms with Gasteiger partial charge in [-0.25, -0.2) is 13.2 Å². The molecular formula is C27H28ClF3N2O4. The number of benzene rings is 2. The zero-order valence-electron chi connectivity index (χ0n) is 20.4. The second-order valence-electron chi connectivity index (χ2n) is 9.26. The van der Waals surface area contributed by atoms with Crippen molar-refractivity contribution in [1.82, 2.24) is 9.88 Å². The molecule has 0 bridgehead atoms. The van der Waals surface area contributed by atoms with Gasteiger partial charge in [-0.15, -0.1) is 0 Å². The van der Waals surface area contributed by atoms with Gasteiger partial charge in [0, 0.05) is 29.8 Å². The van der Waals surface area contributed by atoms with Crippen LogP contribution >= 0.6 is 11.6 Å². The molecule has 1 fully saturated rings. The Morgan fingerprint density at radius 1 is 1.22 bits per heavy atom. The van der Waals surface area contributed by atoms with E-state index in [1.165, 1.54) is 13.3 Å². The first-order valence-corrected chi connectivity index (χ1v) is 12.4. The third-order valence-electron chi connectivity index (χ3n) is 7.08. The number of nitrogens with zero attached hydrogens (tertiary/aromatic N) is 2. The highest BCUT2D eigenvalue weighted by Crippen LogP contribution is 2.42. The first-order chi connectivity index (χ1) is 17.7. The number of rotatable bonds is 10. The maximum absolute atomic E-state index is 15.6. The van der Waals surface area contributed by atoms with E-state index in [0.29, 0.717) is 49.1 Å². The largest absolute Gasteiger partial charge is 0.497 e. The van der Waals surface area contributed by atoms with Gasteiger partial charge in [0.25, 0.3) is 0 Å². The van der Waals surface area contributed by atoms with Gasteiger partial charge in [0.1, 0.15) is 24.3 Å². The van der Waals surface area contributed by atoms with Gasteiger partial charge in [0.2, 0.25) is 0 Å². The number of ether oxygens (including phenoxy) is 2. The van der Waals surface area contributed by atoms with Crippen molar-refractivity contribution < 1.29 is 32.5 Å². The summed E-state index contributed by atoms with van der Waals surface area (Å²) in [5.74, 6) is -1.81. The third kappa shape index (κ3) is 6.10. The molecule has 0 aliphatic carbocycles. The second-order valence-corrected chi connectivity index (χ2v) is 9.67. The van der Waals surface area contributed by atoms with Crippen LogP contribution in [0.3, 0.4) is 0 Å². The van der Waals surface area contributed by atoms with Crippen LogP contribution in [0.2, 0.25) is 5.02 Å². The monoisotopic (exact) mass is 536 g/mol. The summed E-state index contributed by atoms with van der Waals surface area (Å²) in [4.78, 5) is 18.5. The number of fused-ring (bicyclic) bond motifs is 1. The molecule has 4 rings (SSSR count). The minimum absolute atomic E-state index is 0.00962. The molecule has 0 unspecified atom stereocenters. The van der Waals surface area contributed by atoms with Crippen molar-refractivity contribution in [1.29, 1.82) is 0 Å². The summed E-state index contributed by atoms with van der Waals surface area (Å²) in [5.41, 5.74) is -0.210. The molecule has 1 atom stereocenters. The minimum Gasteiger partial charge on any atom is -0.497 e. The molecule has 3 aromatic rings. The van der Waals surface area contributed by atoms with Gasteiger partial charge >= 0.3 is 5.97 Å². The van der Waals surface area contributed by atoms with Crippen molar-refractivity contribution in [2.75, 3.05) is 33.4 Å². The van der Waals surface area contributed by atoms with Crippen LogP contribution in [0, 0.1) is 17.0 Å². The maximum atomic E-state index is 15.6. The van der Waals surface area contributed by atoms with Crippen LogP contribution in [0.4, 0.5) is 13.2 Å². The number of halogens is 4. The summed E-state index contributed by atoms with van der Waals surface area (Å²) in [5, 5.41) is 10.8. The van der Waals surface area contributed by atoms with Gasteiger partial charge in [-0.2, -0.15) is 0 Å². The molecule has 1 N–H and O–H groups in total. The number of carbonyl (C=O) groups is 1. The van der Waals surface area contributed by atoms with E-state index in [-0.39, 0.29) is 35.8 Å². The molecule has 37 heavy (non-hydrogen) atoms. The topological polar surface area (TPSA) is 71.9 Å². The van der Waals surface area contributed by atoms with Gasteiger partial charge in [0.05, 0.1) is 23.1 Å². The standard InChI is InChI=1S/C27H28ClF3N2O4/c1-36-18-3-5-23-19(15-18)25(20(28)16-32-23)22(31)6-7-27(26(34)35)8-10-33(11-9-27)12-13-37-24-14-17(29)2-4-21(24)30/h2-5,14-16,22H,6-13H2,1H3,(H,34,35)/t22-/m1/s1. The van der Waals surface area contributed by atoms with E-state index >= 15 is 4.39 Å². The van der Waals surface area contributed by atoms with Crippen LogP contribution in [0.15, 0.2) is 42.6 Å². The Kier molecular flexibility index (Phi) is 8.44. The lowest BCUT2D eigenvalue weighted by Gasteiger charge is -2.39. The fourth-order valence-electron chi connectivity index (χ4n) is 4.81. The van der Waals surface area contributed by atoms with Crippen LogP contribution in [-0.2, 0) is 4.79 Å². The molecule has 2 aromatic carbocycles. The van der Waals surface area contributed by atoms with E-state index in [1.807, 2.05) is 4.90 Å². The number of methoxy groups -OCH3 is 1. The first-order valence-electron chi connectivity index (χ1n) is 12.0. The van der Waals surface area contributed by atoms with Crippen molar-refractivity contribution in [3.63, 3.8) is 0 Å². The van der Waals surface area contributed by atoms with E-state index in [9.17, 15) is 18.7 Å². The average molecular weight is 537 g/mol. The summed E-state index contributed by atoms with van der Waals surface area (Å²) in [7, 11) is 1.51. The molecule has 2 heterocycles. The molecule has 10 heteroatoms. The highest BCUT2D eigenvalue weighted by atomic mass is 35.5. The summed E-state index contributed by atoms with van der Waals surface area (Å²) in [6.45, 7) is 1.49. The fraction of sp³-hybridized carbons (Fsp3) is 0.407. The fourth-order valence-corrected chi connectivity index (χ4v) is 5.08. The molecule has 198 valence electrons. The molecule has 0 radical (unpaired) electrons. The molecule has 0 spiro atoms. The number of aromatic nitrogens is 1. The molecule has 1 aliphatic heterocycles. The Morgan fingerprint density at radius 2 is 1.97 bits per heavy atom. The van der Waals surface area contributed by atoms with Crippen LogP contribution in [0.1, 0.15) is 37.4 Å². The molecule has 1 saturated heterocycles. The summed E-state index contributed by atoms with van der Waals surface area (Å²) in [6, 6.07) is 8.14. The Morgan fingerprint density at radius 3 is 2.68 bits per heavy atom. The van der Waals surface area contributed by atoms with Crippen molar-refractivity contribution in [2.24, 2.45) is 5.41 Å². The van der Waals surface area contributed by atoms with Crippen molar-refractivity contribution >= 4 is 28.5 Å². The molecule has 0 saturated carbocycles. The number of hydrogen-bond acceptors (Lipinski definition) is 5. The van der Waals surface area contributed by atoms with E-state index in [2.05, 4.69) is 4.98 Å². The first kappa shape index (κ1) is 27.0. The van der Waals surface area contributed by atoms with Gasteiger partial charge in [0.15, 0.2) is 11.6 Å². The van der Waals surface area contributed by atoms with Gasteiger partial charge in [-0.05, 0) is 69.1 Å². The normalized spacial score (nSPS) is 16.5. The number of hydrogen-bond donors (Lipinski definition) is 1. The lowest BCUT2D eigenvalue weighted by molar-refractivity contribution is -0.153. The Hall–Kier alpha value is -3.04. The van der Waals surface area contributed by atoms with Crippen LogP contribution in [0.25, 0.3) is 10.9 Å². The number of alkyl halides is 1. The van der Waals surface area contributed by atoms with E-state index < -0.39 is 29.2 Å². The van der Waals surface area contributed by atoms with Crippen LogP contribution in [-0.4, -0.2) is 54.3 Å². The molecule has 6 nitrogen and oxygen atoms in total. The summed E-state index contributed by atoms with van der Waals surface area (Å²) in [6.07, 6.45) is 0.733. The lowest BCUT2D eigenvalue weighted by Crippen LogP contribution is -2.45. The van der Waals surface area contributed by atoms with Gasteiger partial charge in [-0.3, -0.25) is 14.7 Å². The second kappa shape index (κ2) is 11.6. The molecule has 1 aromatic heterocycles. The zero-order valence-corrected chi connectivity index (χ0v) is 21.1. The lowest BCUT2D eigenvalue weighted by atomic mass is 9.74. The van der Waals surface area contributed by atoms with Crippen molar-refractivity contribution in [3.8, 4) is 11.5 Å². The highest BCUT2D eigenvalue weighted by Gasteiger charge is 2.41. The molecule has 0 amide bonds. The zero-order chi connectivity index (χ0) is 26.6. The molecule has 1 aliphatic rings. The van der Waals surface area contributed by atoms with Gasteiger partial charge in [-0.1, -0.05) is 11.6 Å². The van der Waals surface area contributed by atoms with Gasteiger partial charge < -0.3 is 14.6 Å². The predicted molar refractivity (Wildman–Crippen MR) is 134 cm³/mol. The number of carboxylic acids is 1. The number of likely N-dealkylation sites (tertiary alicyclic amines) is 1. The Balaban J connectivity index is 1.37. The predicted octanol–water partition coefficient (Wildman–Crippen LogP) is 6.21. The minimum atomic E-state index is -1.48. The number of pyridine rings is 1. The number of aliphatic carboxylic acids is 1. The number of piperidine rings is 1. The quantitative estimate of drug-likeness (QED) is 0.332. The van der Waals surface area contributed by atoms with E-state index in [4.69, 9.17) is 21.1 Å². The smallest absolute Gasteiger partial charge is 0.309 e. The van der Waals surface area contributed by atoms with Crippen molar-refractivity contribution in [2.45, 2.75) is 31.9 Å². The average Bonchev–Trinajstić information content (AvgIpc) is 2.89.